The average molecular weight is 263 g/mol. The van der Waals surface area contributed by atoms with Gasteiger partial charge in [0, 0.05) is 12.2 Å². The summed E-state index contributed by atoms with van der Waals surface area (Å²) in [6, 6.07) is 8.35. The van der Waals surface area contributed by atoms with Crippen molar-refractivity contribution in [2.75, 3.05) is 18.5 Å². The molecule has 1 aromatic carbocycles. The van der Waals surface area contributed by atoms with Gasteiger partial charge in [-0.1, -0.05) is 31.9 Å². The Bertz CT molecular complexity index is 358. The largest absolute Gasteiger partial charge is 0.389 e. The van der Waals surface area contributed by atoms with Crippen LogP contribution in [0, 0.1) is 0 Å². The number of ether oxygens (including phenoxy) is 1. The van der Waals surface area contributed by atoms with Crippen LogP contribution in [0.25, 0.3) is 0 Å². The zero-order valence-electron chi connectivity index (χ0n) is 11.8. The van der Waals surface area contributed by atoms with E-state index in [4.69, 9.17) is 4.74 Å². The lowest BCUT2D eigenvalue weighted by molar-refractivity contribution is -0.00117. The fourth-order valence-electron chi connectivity index (χ4n) is 2.46. The lowest BCUT2D eigenvalue weighted by Crippen LogP contribution is -2.27. The first-order valence-corrected chi connectivity index (χ1v) is 7.40. The van der Waals surface area contributed by atoms with Crippen LogP contribution in [0.3, 0.4) is 0 Å². The van der Waals surface area contributed by atoms with Crippen molar-refractivity contribution in [1.82, 2.24) is 0 Å². The Morgan fingerprint density at radius 2 is 1.95 bits per heavy atom. The summed E-state index contributed by atoms with van der Waals surface area (Å²) >= 11 is 0. The van der Waals surface area contributed by atoms with Crippen molar-refractivity contribution in [1.29, 1.82) is 0 Å². The number of aliphatic hydroxyl groups excluding tert-OH is 1. The second-order valence-electron chi connectivity index (χ2n) is 5.33. The van der Waals surface area contributed by atoms with Crippen LogP contribution in [0.15, 0.2) is 24.3 Å². The maximum atomic E-state index is 9.88. The zero-order chi connectivity index (χ0) is 13.5. The van der Waals surface area contributed by atoms with E-state index in [2.05, 4.69) is 36.5 Å². The maximum absolute atomic E-state index is 9.88. The minimum Gasteiger partial charge on any atom is -0.389 e. The summed E-state index contributed by atoms with van der Waals surface area (Å²) in [7, 11) is 0. The third kappa shape index (κ3) is 4.84. The molecular formula is C16H25NO2. The molecule has 0 spiro atoms. The van der Waals surface area contributed by atoms with Gasteiger partial charge in [-0.15, -0.1) is 0 Å². The van der Waals surface area contributed by atoms with Crippen LogP contribution < -0.4 is 5.32 Å². The van der Waals surface area contributed by atoms with E-state index in [0.717, 1.165) is 24.9 Å². The molecule has 1 aliphatic rings. The molecule has 0 amide bonds. The molecule has 1 atom stereocenters. The van der Waals surface area contributed by atoms with Gasteiger partial charge in [0.2, 0.25) is 0 Å². The molecule has 3 nitrogen and oxygen atoms in total. The number of hydrogen-bond donors (Lipinski definition) is 2. The molecule has 1 saturated carbocycles. The number of hydrogen-bond acceptors (Lipinski definition) is 3. The van der Waals surface area contributed by atoms with Gasteiger partial charge in [0.25, 0.3) is 0 Å². The normalized spacial score (nSPS) is 17.6. The predicted molar refractivity (Wildman–Crippen MR) is 78.5 cm³/mol. The topological polar surface area (TPSA) is 41.5 Å². The summed E-state index contributed by atoms with van der Waals surface area (Å²) in [6.07, 6.45) is 5.82. The zero-order valence-corrected chi connectivity index (χ0v) is 11.8. The average Bonchev–Trinajstić information content (AvgIpc) is 2.96. The van der Waals surface area contributed by atoms with Gasteiger partial charge in [-0.3, -0.25) is 0 Å². The Morgan fingerprint density at radius 1 is 1.26 bits per heavy atom. The smallest absolute Gasteiger partial charge is 0.0945 e. The molecular weight excluding hydrogens is 238 g/mol. The van der Waals surface area contributed by atoms with Gasteiger partial charge in [-0.2, -0.15) is 0 Å². The van der Waals surface area contributed by atoms with Crippen molar-refractivity contribution in [3.05, 3.63) is 29.8 Å². The number of aryl methyl sites for hydroxylation is 1. The molecule has 2 N–H and O–H groups in total. The number of nitrogens with one attached hydrogen (secondary N) is 1. The van der Waals surface area contributed by atoms with Gasteiger partial charge in [-0.25, -0.2) is 0 Å². The highest BCUT2D eigenvalue weighted by molar-refractivity contribution is 5.44. The van der Waals surface area contributed by atoms with E-state index in [-0.39, 0.29) is 0 Å². The van der Waals surface area contributed by atoms with Crippen molar-refractivity contribution >= 4 is 5.69 Å². The summed E-state index contributed by atoms with van der Waals surface area (Å²) in [6.45, 7) is 3.12. The molecule has 19 heavy (non-hydrogen) atoms. The molecule has 1 fully saturated rings. The van der Waals surface area contributed by atoms with Crippen LogP contribution in [-0.2, 0) is 11.2 Å². The highest BCUT2D eigenvalue weighted by Gasteiger charge is 2.16. The number of aliphatic hydroxyl groups is 1. The molecule has 2 rings (SSSR count). The summed E-state index contributed by atoms with van der Waals surface area (Å²) in [4.78, 5) is 0. The van der Waals surface area contributed by atoms with E-state index >= 15 is 0 Å². The fourth-order valence-corrected chi connectivity index (χ4v) is 2.46. The van der Waals surface area contributed by atoms with Crippen LogP contribution in [0.2, 0.25) is 0 Å². The standard InChI is InChI=1S/C16H25NO2/c1-2-13-7-9-14(10-8-13)17-11-15(18)12-19-16-5-3-4-6-16/h7-10,15-18H,2-6,11-12H2,1H3. The molecule has 0 bridgehead atoms. The Morgan fingerprint density at radius 3 is 2.58 bits per heavy atom. The van der Waals surface area contributed by atoms with Crippen molar-refractivity contribution in [3.8, 4) is 0 Å². The first-order valence-electron chi connectivity index (χ1n) is 7.40. The molecule has 0 heterocycles. The van der Waals surface area contributed by atoms with Gasteiger partial charge in [0.1, 0.15) is 0 Å². The van der Waals surface area contributed by atoms with Gasteiger partial charge >= 0.3 is 0 Å². The number of anilines is 1. The molecule has 3 heteroatoms. The lowest BCUT2D eigenvalue weighted by Gasteiger charge is -2.16. The van der Waals surface area contributed by atoms with Crippen LogP contribution in [0.5, 0.6) is 0 Å². The molecule has 1 aromatic rings. The summed E-state index contributed by atoms with van der Waals surface area (Å²) < 4.78 is 5.70. The Hall–Kier alpha value is -1.06. The first kappa shape index (κ1) is 14.4. The van der Waals surface area contributed by atoms with Crippen LogP contribution >= 0.6 is 0 Å². The molecule has 1 unspecified atom stereocenters. The van der Waals surface area contributed by atoms with Crippen molar-refractivity contribution < 1.29 is 9.84 Å². The van der Waals surface area contributed by atoms with Crippen LogP contribution in [0.1, 0.15) is 38.2 Å². The number of benzene rings is 1. The van der Waals surface area contributed by atoms with Crippen molar-refractivity contribution in [2.45, 2.75) is 51.2 Å². The van der Waals surface area contributed by atoms with Crippen LogP contribution in [-0.4, -0.2) is 30.5 Å². The summed E-state index contributed by atoms with van der Waals surface area (Å²) in [5, 5.41) is 13.1. The Kier molecular flexibility index (Phi) is 5.67. The second kappa shape index (κ2) is 7.51. The molecule has 0 radical (unpaired) electrons. The van der Waals surface area contributed by atoms with E-state index in [9.17, 15) is 5.11 Å². The van der Waals surface area contributed by atoms with E-state index in [1.807, 2.05) is 0 Å². The van der Waals surface area contributed by atoms with E-state index in [0.29, 0.717) is 19.3 Å². The van der Waals surface area contributed by atoms with Gasteiger partial charge in [-0.05, 0) is 37.0 Å². The first-order chi connectivity index (χ1) is 9.28. The van der Waals surface area contributed by atoms with Crippen molar-refractivity contribution in [2.24, 2.45) is 0 Å². The summed E-state index contributed by atoms with van der Waals surface area (Å²) in [5.74, 6) is 0. The minimum atomic E-state index is -0.438. The fraction of sp³-hybridized carbons (Fsp3) is 0.625. The quantitative estimate of drug-likeness (QED) is 0.794. The molecule has 0 saturated heterocycles. The third-order valence-corrected chi connectivity index (χ3v) is 3.73. The highest BCUT2D eigenvalue weighted by Crippen LogP contribution is 2.20. The maximum Gasteiger partial charge on any atom is 0.0945 e. The predicted octanol–water partition coefficient (Wildman–Crippen LogP) is 2.98. The molecule has 0 aromatic heterocycles. The van der Waals surface area contributed by atoms with E-state index in [1.54, 1.807) is 0 Å². The third-order valence-electron chi connectivity index (χ3n) is 3.73. The Labute approximate surface area is 116 Å². The highest BCUT2D eigenvalue weighted by atomic mass is 16.5. The monoisotopic (exact) mass is 263 g/mol. The lowest BCUT2D eigenvalue weighted by atomic mass is 10.1. The SMILES string of the molecule is CCc1ccc(NCC(O)COC2CCCC2)cc1. The molecule has 106 valence electrons. The van der Waals surface area contributed by atoms with Gasteiger partial charge in [0.05, 0.1) is 18.8 Å². The van der Waals surface area contributed by atoms with Gasteiger partial charge in [0.15, 0.2) is 0 Å². The minimum absolute atomic E-state index is 0.374. The van der Waals surface area contributed by atoms with E-state index < -0.39 is 6.10 Å². The molecule has 1 aliphatic carbocycles. The van der Waals surface area contributed by atoms with Crippen molar-refractivity contribution in [3.63, 3.8) is 0 Å². The van der Waals surface area contributed by atoms with Crippen LogP contribution in [0.4, 0.5) is 5.69 Å². The summed E-state index contributed by atoms with van der Waals surface area (Å²) in [5.41, 5.74) is 2.38. The Balaban J connectivity index is 1.65. The van der Waals surface area contributed by atoms with E-state index in [1.165, 1.54) is 18.4 Å². The van der Waals surface area contributed by atoms with Gasteiger partial charge < -0.3 is 15.2 Å². The molecule has 0 aliphatic heterocycles. The second-order valence-corrected chi connectivity index (χ2v) is 5.33. The number of rotatable bonds is 7.